The van der Waals surface area contributed by atoms with Crippen molar-refractivity contribution in [3.8, 4) is 34.5 Å². The fourth-order valence-corrected chi connectivity index (χ4v) is 13.6. The molecular formula is C72H43B2N3O5. The van der Waals surface area contributed by atoms with Gasteiger partial charge in [0.1, 0.15) is 45.7 Å². The molecule has 0 radical (unpaired) electrons. The summed E-state index contributed by atoms with van der Waals surface area (Å²) in [5.41, 5.74) is 19.2. The molecule has 382 valence electrons. The van der Waals surface area contributed by atoms with Gasteiger partial charge in [-0.3, -0.25) is 0 Å². The molecule has 10 heteroatoms. The van der Waals surface area contributed by atoms with Crippen LogP contribution in [0.3, 0.4) is 0 Å². The molecule has 0 saturated carbocycles. The third-order valence-corrected chi connectivity index (χ3v) is 16.9. The Morgan fingerprint density at radius 1 is 0.293 bits per heavy atom. The summed E-state index contributed by atoms with van der Waals surface area (Å²) in [5.74, 6) is 4.51. The highest BCUT2D eigenvalue weighted by molar-refractivity contribution is 7.03. The lowest BCUT2D eigenvalue weighted by molar-refractivity contribution is 0.482. The Bertz CT molecular complexity index is 4940. The third kappa shape index (κ3) is 6.57. The lowest BCUT2D eigenvalue weighted by Gasteiger charge is -2.45. The number of hydrogen-bond donors (Lipinski definition) is 0. The number of rotatable bonds is 7. The molecule has 4 aliphatic heterocycles. The van der Waals surface area contributed by atoms with Gasteiger partial charge in [0.15, 0.2) is 11.2 Å². The van der Waals surface area contributed by atoms with E-state index in [2.05, 4.69) is 191 Å². The van der Waals surface area contributed by atoms with Crippen LogP contribution in [0.25, 0.3) is 43.9 Å². The molecule has 2 aromatic heterocycles. The smallest absolute Gasteiger partial charge is 0.256 e. The van der Waals surface area contributed by atoms with E-state index in [9.17, 15) is 0 Å². The molecule has 82 heavy (non-hydrogen) atoms. The summed E-state index contributed by atoms with van der Waals surface area (Å²) in [6.45, 7) is -0.456. The lowest BCUT2D eigenvalue weighted by atomic mass is 9.30. The SMILES string of the molecule is c1ccc(Oc2ccc3c(c2)oc2c4c5c(cc23)Oc2cc3c(cc2B5c2ccccc2N4c2ccccc2)B2c4ccccc4N(c4ccccc4)c4c2c(cc2c4oc4cc(Oc5ccccc5)ccc42)N3c2ccccc2)cc1. The van der Waals surface area contributed by atoms with Crippen LogP contribution in [0, 0.1) is 0 Å². The quantitative estimate of drug-likeness (QED) is 0.146. The highest BCUT2D eigenvalue weighted by atomic mass is 16.5. The minimum atomic E-state index is -0.236. The molecule has 4 aliphatic rings. The van der Waals surface area contributed by atoms with Crippen LogP contribution in [-0.2, 0) is 0 Å². The standard InChI is InChI=1S/C72H43B2N3O5/c1-6-20-44(21-7-1)75-61-43-65-58(74-56-31-17-19-33-60(56)77(46-24-10-3-11-25-46)70-68(74)66(80-65)41-54-52-37-35-50(39-64(52)82-72(54)70)79-48-28-14-5-15-29-48)42-57(61)73-55-30-16-18-32-59(55)76(45-22-8-2-9-23-45)69-67(73)62(75)40-53-51-36-34-49(38-63(51)81-71(53)69)78-47-26-12-4-13-27-47/h1-43H. The predicted octanol–water partition coefficient (Wildman–Crippen LogP) is 15.6. The van der Waals surface area contributed by atoms with E-state index in [4.69, 9.17) is 23.0 Å². The Hall–Kier alpha value is -10.8. The molecule has 0 atom stereocenters. The summed E-state index contributed by atoms with van der Waals surface area (Å²) in [4.78, 5) is 7.24. The van der Waals surface area contributed by atoms with Gasteiger partial charge in [0, 0.05) is 85.0 Å². The van der Waals surface area contributed by atoms with Crippen LogP contribution in [0.1, 0.15) is 0 Å². The maximum absolute atomic E-state index is 7.56. The topological polar surface area (TPSA) is 63.7 Å². The minimum absolute atomic E-state index is 0.221. The first-order valence-corrected chi connectivity index (χ1v) is 27.8. The maximum atomic E-state index is 7.56. The molecule has 0 unspecified atom stereocenters. The predicted molar refractivity (Wildman–Crippen MR) is 334 cm³/mol. The molecule has 0 N–H and O–H groups in total. The van der Waals surface area contributed by atoms with Gasteiger partial charge >= 0.3 is 0 Å². The molecule has 0 saturated heterocycles. The lowest BCUT2D eigenvalue weighted by Crippen LogP contribution is -2.64. The number of ether oxygens (including phenoxy) is 3. The van der Waals surface area contributed by atoms with E-state index in [1.807, 2.05) is 84.9 Å². The zero-order valence-electron chi connectivity index (χ0n) is 43.9. The Kier molecular flexibility index (Phi) is 9.53. The van der Waals surface area contributed by atoms with Crippen molar-refractivity contribution in [1.29, 1.82) is 0 Å². The Labute approximate surface area is 472 Å². The fourth-order valence-electron chi connectivity index (χ4n) is 13.6. The number of benzene rings is 12. The Morgan fingerprint density at radius 2 is 0.744 bits per heavy atom. The van der Waals surface area contributed by atoms with E-state index in [1.165, 1.54) is 10.9 Å². The van der Waals surface area contributed by atoms with E-state index in [-0.39, 0.29) is 13.4 Å². The number of fused-ring (bicyclic) bond motifs is 16. The monoisotopic (exact) mass is 1050 g/mol. The summed E-state index contributed by atoms with van der Waals surface area (Å²) in [5, 5.41) is 3.93. The van der Waals surface area contributed by atoms with Crippen molar-refractivity contribution in [3.63, 3.8) is 0 Å². The van der Waals surface area contributed by atoms with Crippen LogP contribution in [0.15, 0.2) is 270 Å². The van der Waals surface area contributed by atoms with Crippen LogP contribution < -0.4 is 61.7 Å². The number of nitrogens with zero attached hydrogens (tertiary/aromatic N) is 3. The van der Waals surface area contributed by atoms with Gasteiger partial charge in [0.2, 0.25) is 0 Å². The van der Waals surface area contributed by atoms with Gasteiger partial charge in [-0.2, -0.15) is 0 Å². The fraction of sp³-hybridized carbons (Fsp3) is 0. The maximum Gasteiger partial charge on any atom is 0.256 e. The van der Waals surface area contributed by atoms with Crippen molar-refractivity contribution in [2.45, 2.75) is 0 Å². The summed E-state index contributed by atoms with van der Waals surface area (Å²) < 4.78 is 34.8. The molecule has 18 rings (SSSR count). The average Bonchev–Trinajstić information content (AvgIpc) is 3.42. The normalized spacial score (nSPS) is 13.3. The molecule has 0 amide bonds. The zero-order valence-corrected chi connectivity index (χ0v) is 43.9. The molecule has 0 bridgehead atoms. The molecule has 0 aliphatic carbocycles. The molecule has 8 nitrogen and oxygen atoms in total. The second-order valence-corrected chi connectivity index (χ2v) is 21.4. The van der Waals surface area contributed by atoms with Crippen molar-refractivity contribution in [1.82, 2.24) is 0 Å². The number of furan rings is 2. The van der Waals surface area contributed by atoms with Crippen molar-refractivity contribution >= 4 is 141 Å². The number of para-hydroxylation sites is 7. The molecule has 0 fully saturated rings. The van der Waals surface area contributed by atoms with Gasteiger partial charge in [-0.15, -0.1) is 0 Å². The van der Waals surface area contributed by atoms with Crippen LogP contribution in [0.2, 0.25) is 0 Å². The van der Waals surface area contributed by atoms with Gasteiger partial charge in [-0.05, 0) is 137 Å². The molecule has 0 spiro atoms. The molecule has 6 heterocycles. The van der Waals surface area contributed by atoms with Gasteiger partial charge in [0.05, 0.1) is 11.4 Å². The second-order valence-electron chi connectivity index (χ2n) is 21.4. The Balaban J connectivity index is 0.907. The van der Waals surface area contributed by atoms with Crippen LogP contribution in [0.4, 0.5) is 51.2 Å². The second kappa shape index (κ2) is 17.3. The molecule has 12 aromatic carbocycles. The summed E-state index contributed by atoms with van der Waals surface area (Å²) >= 11 is 0. The Morgan fingerprint density at radius 3 is 1.28 bits per heavy atom. The van der Waals surface area contributed by atoms with Crippen molar-refractivity contribution in [3.05, 3.63) is 261 Å². The van der Waals surface area contributed by atoms with Gasteiger partial charge in [-0.25, -0.2) is 0 Å². The van der Waals surface area contributed by atoms with Crippen LogP contribution >= 0.6 is 0 Å². The molecular weight excluding hydrogens is 1010 g/mol. The molecule has 14 aromatic rings. The zero-order chi connectivity index (χ0) is 53.6. The summed E-state index contributed by atoms with van der Waals surface area (Å²) in [6, 6.07) is 91.3. The minimum Gasteiger partial charge on any atom is -0.458 e. The first-order chi connectivity index (χ1) is 40.7. The number of hydrogen-bond acceptors (Lipinski definition) is 8. The van der Waals surface area contributed by atoms with E-state index >= 15 is 0 Å². The van der Waals surface area contributed by atoms with Crippen molar-refractivity contribution in [2.24, 2.45) is 0 Å². The van der Waals surface area contributed by atoms with Gasteiger partial charge in [0.25, 0.3) is 13.4 Å². The average molecular weight is 1050 g/mol. The largest absolute Gasteiger partial charge is 0.458 e. The summed E-state index contributed by atoms with van der Waals surface area (Å²) in [7, 11) is 0. The highest BCUT2D eigenvalue weighted by Crippen LogP contribution is 2.52. The van der Waals surface area contributed by atoms with E-state index < -0.39 is 0 Å². The number of anilines is 9. The van der Waals surface area contributed by atoms with E-state index in [0.717, 1.165) is 140 Å². The van der Waals surface area contributed by atoms with Gasteiger partial charge in [-0.1, -0.05) is 133 Å². The van der Waals surface area contributed by atoms with E-state index in [1.54, 1.807) is 0 Å². The summed E-state index contributed by atoms with van der Waals surface area (Å²) in [6.07, 6.45) is 0. The van der Waals surface area contributed by atoms with E-state index in [0.29, 0.717) is 11.5 Å². The van der Waals surface area contributed by atoms with Crippen molar-refractivity contribution < 1.29 is 23.0 Å². The van der Waals surface area contributed by atoms with Gasteiger partial charge < -0.3 is 37.7 Å². The third-order valence-electron chi connectivity index (χ3n) is 16.9. The van der Waals surface area contributed by atoms with Crippen LogP contribution in [-0.4, -0.2) is 13.4 Å². The van der Waals surface area contributed by atoms with Crippen molar-refractivity contribution in [2.75, 3.05) is 14.7 Å². The first-order valence-electron chi connectivity index (χ1n) is 27.8. The highest BCUT2D eigenvalue weighted by Gasteiger charge is 2.49. The van der Waals surface area contributed by atoms with Crippen LogP contribution in [0.5, 0.6) is 34.5 Å². The first kappa shape index (κ1) is 45.1.